The highest BCUT2D eigenvalue weighted by Crippen LogP contribution is 2.06. The van der Waals surface area contributed by atoms with Gasteiger partial charge in [-0.1, -0.05) is 30.3 Å². The van der Waals surface area contributed by atoms with Crippen molar-refractivity contribution in [2.75, 3.05) is 13.2 Å². The summed E-state index contributed by atoms with van der Waals surface area (Å²) >= 11 is 0. The molecule has 2 N–H and O–H groups in total. The Labute approximate surface area is 107 Å². The van der Waals surface area contributed by atoms with E-state index >= 15 is 0 Å². The van der Waals surface area contributed by atoms with Gasteiger partial charge in [0, 0.05) is 12.2 Å². The van der Waals surface area contributed by atoms with Crippen LogP contribution in [0.4, 0.5) is 4.39 Å². The van der Waals surface area contributed by atoms with Gasteiger partial charge in [0.05, 0.1) is 12.9 Å². The quantitative estimate of drug-likeness (QED) is 0.459. The predicted octanol–water partition coefficient (Wildman–Crippen LogP) is 2.82. The van der Waals surface area contributed by atoms with Gasteiger partial charge in [-0.2, -0.15) is 0 Å². The second-order valence-electron chi connectivity index (χ2n) is 3.90. The highest BCUT2D eigenvalue weighted by Gasteiger charge is 1.99. The number of allylic oxidation sites excluding steroid dienone is 2. The number of hydrogen-bond donors (Lipinski definition) is 1. The van der Waals surface area contributed by atoms with E-state index in [4.69, 9.17) is 10.5 Å². The Kier molecular flexibility index (Phi) is 6.54. The minimum atomic E-state index is -0.358. The molecule has 0 spiro atoms. The van der Waals surface area contributed by atoms with Crippen LogP contribution in [0, 0.1) is 0 Å². The number of hydrogen-bond acceptors (Lipinski definition) is 3. The Balaban J connectivity index is 2.50. The molecule has 18 heavy (non-hydrogen) atoms. The number of aliphatic imine (C=N–C) groups is 1. The molecule has 0 amide bonds. The number of nitrogens with zero attached hydrogens (tertiary/aromatic N) is 1. The molecular weight excluding hydrogens is 231 g/mol. The van der Waals surface area contributed by atoms with E-state index in [1.807, 2.05) is 30.3 Å². The number of ether oxygens (including phenoxy) is 1. The van der Waals surface area contributed by atoms with Crippen LogP contribution in [0.1, 0.15) is 18.9 Å². The summed E-state index contributed by atoms with van der Waals surface area (Å²) in [5.74, 6) is 0.540. The molecule has 3 nitrogen and oxygen atoms in total. The van der Waals surface area contributed by atoms with Crippen LogP contribution in [0.15, 0.2) is 46.8 Å². The number of alkyl halides is 1. The summed E-state index contributed by atoms with van der Waals surface area (Å²) in [6.07, 6.45) is 1.99. The van der Waals surface area contributed by atoms with Crippen molar-refractivity contribution in [2.24, 2.45) is 10.7 Å². The highest BCUT2D eigenvalue weighted by atomic mass is 19.1. The third-order valence-electron chi connectivity index (χ3n) is 2.26. The smallest absolute Gasteiger partial charge is 0.155 e. The third-order valence-corrected chi connectivity index (χ3v) is 2.26. The van der Waals surface area contributed by atoms with E-state index in [0.29, 0.717) is 31.0 Å². The molecule has 4 heteroatoms. The SMILES string of the molecule is C/C(N)=C(/C=NCCCF)OCc1ccccc1. The average Bonchev–Trinajstić information content (AvgIpc) is 2.38. The summed E-state index contributed by atoms with van der Waals surface area (Å²) in [4.78, 5) is 4.07. The maximum atomic E-state index is 11.9. The molecule has 0 saturated carbocycles. The molecule has 0 saturated heterocycles. The molecule has 0 bridgehead atoms. The molecule has 0 radical (unpaired) electrons. The Morgan fingerprint density at radius 1 is 1.39 bits per heavy atom. The van der Waals surface area contributed by atoms with Crippen LogP contribution < -0.4 is 5.73 Å². The zero-order valence-electron chi connectivity index (χ0n) is 10.6. The molecule has 1 rings (SSSR count). The molecule has 1 aromatic rings. The average molecular weight is 250 g/mol. The van der Waals surface area contributed by atoms with E-state index < -0.39 is 0 Å². The van der Waals surface area contributed by atoms with Gasteiger partial charge in [-0.05, 0) is 18.9 Å². The van der Waals surface area contributed by atoms with Crippen molar-refractivity contribution in [3.05, 3.63) is 47.4 Å². The zero-order chi connectivity index (χ0) is 13.2. The number of benzene rings is 1. The first-order chi connectivity index (χ1) is 8.74. The number of halogens is 1. The second-order valence-corrected chi connectivity index (χ2v) is 3.90. The van der Waals surface area contributed by atoms with Gasteiger partial charge in [-0.25, -0.2) is 0 Å². The van der Waals surface area contributed by atoms with E-state index in [0.717, 1.165) is 5.56 Å². The summed E-state index contributed by atoms with van der Waals surface area (Å²) in [5.41, 5.74) is 7.33. The molecule has 0 atom stereocenters. The van der Waals surface area contributed by atoms with E-state index in [2.05, 4.69) is 4.99 Å². The van der Waals surface area contributed by atoms with Crippen molar-refractivity contribution in [3.63, 3.8) is 0 Å². The molecule has 98 valence electrons. The Morgan fingerprint density at radius 2 is 2.11 bits per heavy atom. The number of rotatable bonds is 7. The standard InChI is InChI=1S/C14H19FN2O/c1-12(16)14(10-17-9-5-8-15)18-11-13-6-3-2-4-7-13/h2-4,6-7,10H,5,8-9,11,16H2,1H3/b14-12+,17-10?. The third kappa shape index (κ3) is 5.48. The van der Waals surface area contributed by atoms with E-state index in [1.54, 1.807) is 13.1 Å². The van der Waals surface area contributed by atoms with E-state index in [1.165, 1.54) is 0 Å². The van der Waals surface area contributed by atoms with E-state index in [9.17, 15) is 4.39 Å². The molecular formula is C14H19FN2O. The first kappa shape index (κ1) is 14.2. The first-order valence-corrected chi connectivity index (χ1v) is 5.93. The van der Waals surface area contributed by atoms with Crippen molar-refractivity contribution in [2.45, 2.75) is 20.0 Å². The highest BCUT2D eigenvalue weighted by molar-refractivity contribution is 5.76. The fraction of sp³-hybridized carbons (Fsp3) is 0.357. The molecule has 0 heterocycles. The summed E-state index contributed by atoms with van der Waals surface area (Å²) in [6, 6.07) is 9.81. The fourth-order valence-corrected chi connectivity index (χ4v) is 1.29. The van der Waals surface area contributed by atoms with Gasteiger partial charge in [0.15, 0.2) is 5.76 Å². The minimum Gasteiger partial charge on any atom is -0.486 e. The Hall–Kier alpha value is -1.84. The lowest BCUT2D eigenvalue weighted by molar-refractivity contribution is 0.216. The van der Waals surface area contributed by atoms with Gasteiger partial charge in [0.1, 0.15) is 6.61 Å². The van der Waals surface area contributed by atoms with Crippen molar-refractivity contribution >= 4 is 6.21 Å². The summed E-state index contributed by atoms with van der Waals surface area (Å²) in [7, 11) is 0. The first-order valence-electron chi connectivity index (χ1n) is 5.93. The molecule has 0 fully saturated rings. The van der Waals surface area contributed by atoms with Crippen LogP contribution >= 0.6 is 0 Å². The van der Waals surface area contributed by atoms with Gasteiger partial charge in [0.2, 0.25) is 0 Å². The lowest BCUT2D eigenvalue weighted by atomic mass is 10.2. The van der Waals surface area contributed by atoms with Crippen molar-refractivity contribution < 1.29 is 9.13 Å². The topological polar surface area (TPSA) is 47.6 Å². The summed E-state index contributed by atoms with van der Waals surface area (Å²) in [6.45, 7) is 2.28. The fourth-order valence-electron chi connectivity index (χ4n) is 1.29. The van der Waals surface area contributed by atoms with Crippen LogP contribution in [0.3, 0.4) is 0 Å². The molecule has 0 unspecified atom stereocenters. The maximum Gasteiger partial charge on any atom is 0.155 e. The number of nitrogens with two attached hydrogens (primary N) is 1. The monoisotopic (exact) mass is 250 g/mol. The van der Waals surface area contributed by atoms with Crippen LogP contribution in [-0.2, 0) is 11.3 Å². The van der Waals surface area contributed by atoms with Crippen LogP contribution in [-0.4, -0.2) is 19.4 Å². The molecule has 0 aliphatic heterocycles. The molecule has 1 aromatic carbocycles. The Bertz CT molecular complexity index is 398. The van der Waals surface area contributed by atoms with Crippen LogP contribution in [0.5, 0.6) is 0 Å². The predicted molar refractivity (Wildman–Crippen MR) is 72.1 cm³/mol. The summed E-state index contributed by atoms with van der Waals surface area (Å²) < 4.78 is 17.5. The van der Waals surface area contributed by atoms with Crippen molar-refractivity contribution in [1.29, 1.82) is 0 Å². The van der Waals surface area contributed by atoms with Crippen molar-refractivity contribution in [1.82, 2.24) is 0 Å². The lowest BCUT2D eigenvalue weighted by Crippen LogP contribution is -2.04. The van der Waals surface area contributed by atoms with Gasteiger partial charge in [0.25, 0.3) is 0 Å². The maximum absolute atomic E-state index is 11.9. The van der Waals surface area contributed by atoms with E-state index in [-0.39, 0.29) is 6.67 Å². The lowest BCUT2D eigenvalue weighted by Gasteiger charge is -2.08. The molecule has 0 aromatic heterocycles. The van der Waals surface area contributed by atoms with Crippen LogP contribution in [0.2, 0.25) is 0 Å². The van der Waals surface area contributed by atoms with Gasteiger partial charge >= 0.3 is 0 Å². The van der Waals surface area contributed by atoms with Crippen LogP contribution in [0.25, 0.3) is 0 Å². The largest absolute Gasteiger partial charge is 0.486 e. The van der Waals surface area contributed by atoms with Gasteiger partial charge in [-0.3, -0.25) is 9.38 Å². The van der Waals surface area contributed by atoms with Crippen molar-refractivity contribution in [3.8, 4) is 0 Å². The normalized spacial score (nSPS) is 12.6. The van der Waals surface area contributed by atoms with Gasteiger partial charge < -0.3 is 10.5 Å². The second kappa shape index (κ2) is 8.28. The molecule has 0 aliphatic rings. The molecule has 0 aliphatic carbocycles. The Morgan fingerprint density at radius 3 is 2.72 bits per heavy atom. The minimum absolute atomic E-state index is 0.358. The van der Waals surface area contributed by atoms with Gasteiger partial charge in [-0.15, -0.1) is 0 Å². The zero-order valence-corrected chi connectivity index (χ0v) is 10.6. The summed E-state index contributed by atoms with van der Waals surface area (Å²) in [5, 5.41) is 0.